The van der Waals surface area contributed by atoms with E-state index >= 15 is 0 Å². The van der Waals surface area contributed by atoms with Crippen LogP contribution in [-0.4, -0.2) is 8.07 Å². The molecule has 74 valence electrons. The van der Waals surface area contributed by atoms with Crippen molar-refractivity contribution in [1.82, 2.24) is 0 Å². The van der Waals surface area contributed by atoms with Gasteiger partial charge in [0.1, 0.15) is 0 Å². The third kappa shape index (κ3) is 5.01. The van der Waals surface area contributed by atoms with Gasteiger partial charge in [0.2, 0.25) is 0 Å². The van der Waals surface area contributed by atoms with Crippen molar-refractivity contribution in [1.29, 1.82) is 0 Å². The van der Waals surface area contributed by atoms with Crippen LogP contribution < -0.4 is 29.6 Å². The topological polar surface area (TPSA) is 0 Å². The summed E-state index contributed by atoms with van der Waals surface area (Å²) in [6.45, 7) is 7.67. The van der Waals surface area contributed by atoms with Crippen LogP contribution in [0.3, 0.4) is 0 Å². The Hall–Kier alpha value is 1.22. The third-order valence-corrected chi connectivity index (χ3v) is 8.39. The van der Waals surface area contributed by atoms with E-state index in [9.17, 15) is 0 Å². The van der Waals surface area contributed by atoms with Gasteiger partial charge in [-0.1, -0.05) is 64.6 Å². The zero-order valence-corrected chi connectivity index (χ0v) is 13.0. The summed E-state index contributed by atoms with van der Waals surface area (Å²) in [5.74, 6) is 0. The first-order valence-electron chi connectivity index (χ1n) is 5.63. The van der Waals surface area contributed by atoms with Crippen LogP contribution in [0, 0.1) is 0 Å². The monoisotopic (exact) mass is 208 g/mol. The summed E-state index contributed by atoms with van der Waals surface area (Å²) in [7, 11) is -0.809. The van der Waals surface area contributed by atoms with E-state index in [1.165, 1.54) is 38.5 Å². The van der Waals surface area contributed by atoms with Gasteiger partial charge >= 0.3 is 29.6 Å². The van der Waals surface area contributed by atoms with E-state index in [1.54, 1.807) is 6.04 Å². The molecule has 1 fully saturated rings. The summed E-state index contributed by atoms with van der Waals surface area (Å²) < 4.78 is 0. The van der Waals surface area contributed by atoms with Crippen LogP contribution in [0.4, 0.5) is 0 Å². The van der Waals surface area contributed by atoms with E-state index in [0.29, 0.717) is 0 Å². The van der Waals surface area contributed by atoms with Crippen molar-refractivity contribution < 1.29 is 31.0 Å². The molecule has 1 atom stereocenters. The minimum absolute atomic E-state index is 0. The predicted molar refractivity (Wildman–Crippen MR) is 60.5 cm³/mol. The second-order valence-electron chi connectivity index (χ2n) is 5.20. The van der Waals surface area contributed by atoms with Crippen LogP contribution in [0.5, 0.6) is 0 Å². The van der Waals surface area contributed by atoms with Gasteiger partial charge < -0.3 is 1.43 Å². The number of rotatable bonds is 0. The molecule has 0 aromatic rings. The smallest absolute Gasteiger partial charge is 1.00 e. The van der Waals surface area contributed by atoms with Gasteiger partial charge in [-0.15, -0.1) is 0 Å². The van der Waals surface area contributed by atoms with Gasteiger partial charge in [-0.3, -0.25) is 0 Å². The molecule has 0 N–H and O–H groups in total. The molecule has 1 aliphatic rings. The Morgan fingerprint density at radius 3 is 2.23 bits per heavy atom. The molecule has 0 aliphatic carbocycles. The zero-order valence-electron chi connectivity index (χ0n) is 11.0. The molecule has 0 nitrogen and oxygen atoms in total. The van der Waals surface area contributed by atoms with E-state index in [2.05, 4.69) is 20.0 Å². The maximum atomic E-state index is 2.59. The second-order valence-corrected chi connectivity index (χ2v) is 10.7. The molecule has 0 aromatic carbocycles. The van der Waals surface area contributed by atoms with Crippen molar-refractivity contribution in [3.05, 3.63) is 0 Å². The summed E-state index contributed by atoms with van der Waals surface area (Å²) in [5.41, 5.74) is 1.07. The molecule has 1 rings (SSSR count). The molecule has 1 heterocycles. The fourth-order valence-corrected chi connectivity index (χ4v) is 4.84. The maximum absolute atomic E-state index is 2.59. The summed E-state index contributed by atoms with van der Waals surface area (Å²) in [4.78, 5) is 0. The van der Waals surface area contributed by atoms with E-state index in [0.717, 1.165) is 5.54 Å². The quantitative estimate of drug-likeness (QED) is 0.530. The average Bonchev–Trinajstić information content (AvgIpc) is 2.06. The number of hydrogen-bond acceptors (Lipinski definition) is 0. The molecule has 0 saturated carbocycles. The third-order valence-electron chi connectivity index (χ3n) is 3.79. The molecular weight excluding hydrogens is 183 g/mol. The van der Waals surface area contributed by atoms with Crippen LogP contribution in [0.25, 0.3) is 0 Å². The van der Waals surface area contributed by atoms with E-state index in [-0.39, 0.29) is 31.0 Å². The molecule has 13 heavy (non-hydrogen) atoms. The Kier molecular flexibility index (Phi) is 7.28. The van der Waals surface area contributed by atoms with Gasteiger partial charge in [-0.25, -0.2) is 0 Å². The SMILES string of the molecule is CC1CCCCCCC[Si]1(C)C.[H-].[Na+]. The van der Waals surface area contributed by atoms with Crippen molar-refractivity contribution in [2.75, 3.05) is 0 Å². The molecule has 1 saturated heterocycles. The molecular formula is C11H25NaSi. The fraction of sp³-hybridized carbons (Fsp3) is 1.00. The first-order chi connectivity index (χ1) is 5.63. The maximum Gasteiger partial charge on any atom is 1.00 e. The molecule has 1 unspecified atom stereocenters. The summed E-state index contributed by atoms with van der Waals surface area (Å²) in [6.07, 6.45) is 9.02. The summed E-state index contributed by atoms with van der Waals surface area (Å²) in [6, 6.07) is 1.58. The molecule has 0 aromatic heterocycles. The van der Waals surface area contributed by atoms with Crippen molar-refractivity contribution in [3.63, 3.8) is 0 Å². The van der Waals surface area contributed by atoms with Crippen LogP contribution in [0.1, 0.15) is 46.9 Å². The Bertz CT molecular complexity index is 139. The molecule has 0 spiro atoms. The van der Waals surface area contributed by atoms with Gasteiger partial charge in [-0.05, 0) is 5.54 Å². The van der Waals surface area contributed by atoms with Gasteiger partial charge in [0.15, 0.2) is 0 Å². The fourth-order valence-electron chi connectivity index (χ4n) is 2.20. The predicted octanol–water partition coefficient (Wildman–Crippen LogP) is 1.56. The van der Waals surface area contributed by atoms with E-state index in [4.69, 9.17) is 0 Å². The van der Waals surface area contributed by atoms with Crippen LogP contribution in [0.15, 0.2) is 0 Å². The summed E-state index contributed by atoms with van der Waals surface area (Å²) in [5, 5.41) is 0. The molecule has 0 amide bonds. The Morgan fingerprint density at radius 2 is 1.54 bits per heavy atom. The summed E-state index contributed by atoms with van der Waals surface area (Å²) >= 11 is 0. The minimum atomic E-state index is -0.809. The average molecular weight is 208 g/mol. The Morgan fingerprint density at radius 1 is 1.00 bits per heavy atom. The Balaban J connectivity index is 0. The molecule has 2 heteroatoms. The standard InChI is InChI=1S/C11H24Si.Na.H/c1-11-9-7-5-4-6-8-10-12(11,2)3;;/h11H,4-10H2,1-3H3;;/q;+1;-1. The van der Waals surface area contributed by atoms with Crippen LogP contribution in [-0.2, 0) is 0 Å². The van der Waals surface area contributed by atoms with E-state index < -0.39 is 8.07 Å². The first kappa shape index (κ1) is 14.2. The van der Waals surface area contributed by atoms with Crippen LogP contribution >= 0.6 is 0 Å². The van der Waals surface area contributed by atoms with Crippen molar-refractivity contribution in [2.24, 2.45) is 0 Å². The van der Waals surface area contributed by atoms with Gasteiger partial charge in [0.25, 0.3) is 0 Å². The minimum Gasteiger partial charge on any atom is -1.00 e. The second kappa shape index (κ2) is 6.65. The van der Waals surface area contributed by atoms with Crippen LogP contribution in [0.2, 0.25) is 24.7 Å². The Labute approximate surface area is 109 Å². The van der Waals surface area contributed by atoms with Crippen molar-refractivity contribution in [2.45, 2.75) is 70.1 Å². The van der Waals surface area contributed by atoms with Crippen molar-refractivity contribution >= 4 is 8.07 Å². The largest absolute Gasteiger partial charge is 1.00 e. The normalized spacial score (nSPS) is 29.3. The number of hydrogen-bond donors (Lipinski definition) is 0. The molecule has 1 aliphatic heterocycles. The molecule has 0 bridgehead atoms. The van der Waals surface area contributed by atoms with Gasteiger partial charge in [0, 0.05) is 0 Å². The molecule has 0 radical (unpaired) electrons. The first-order valence-corrected chi connectivity index (χ1v) is 8.91. The zero-order chi connectivity index (χ0) is 9.03. The van der Waals surface area contributed by atoms with Gasteiger partial charge in [-0.2, -0.15) is 0 Å². The van der Waals surface area contributed by atoms with Gasteiger partial charge in [0.05, 0.1) is 8.07 Å². The van der Waals surface area contributed by atoms with E-state index in [1.807, 2.05) is 0 Å². The van der Waals surface area contributed by atoms with Crippen molar-refractivity contribution in [3.8, 4) is 0 Å².